The molecule has 0 bridgehead atoms. The van der Waals surface area contributed by atoms with Crippen molar-refractivity contribution in [3.8, 4) is 5.75 Å². The minimum absolute atomic E-state index is 0.147. The minimum atomic E-state index is -5.28. The van der Waals surface area contributed by atoms with E-state index in [1.54, 1.807) is 12.1 Å². The quantitative estimate of drug-likeness (QED) is 0.299. The number of carbonyl (C=O) groups is 1. The summed E-state index contributed by atoms with van der Waals surface area (Å²) in [5.74, 6) is -0.665. The van der Waals surface area contributed by atoms with Crippen LogP contribution in [0.15, 0.2) is 81.3 Å². The lowest BCUT2D eigenvalue weighted by atomic mass is 9.82. The summed E-state index contributed by atoms with van der Waals surface area (Å²) in [5.41, 5.74) is -2.19. The fourth-order valence-electron chi connectivity index (χ4n) is 3.99. The molecule has 2 aliphatic rings. The van der Waals surface area contributed by atoms with E-state index in [1.165, 1.54) is 12.1 Å². The van der Waals surface area contributed by atoms with Gasteiger partial charge in [0.1, 0.15) is 5.75 Å². The molecule has 0 atom stereocenters. The molecule has 0 aliphatic heterocycles. The Labute approximate surface area is 202 Å². The molecular formula is C25H22F6O3S. The smallest absolute Gasteiger partial charge is 0.418 e. The van der Waals surface area contributed by atoms with Crippen molar-refractivity contribution in [3.63, 3.8) is 0 Å². The Morgan fingerprint density at radius 2 is 1.77 bits per heavy atom. The van der Waals surface area contributed by atoms with E-state index in [4.69, 9.17) is 9.84 Å². The van der Waals surface area contributed by atoms with Gasteiger partial charge in [-0.1, -0.05) is 30.5 Å². The number of benzene rings is 1. The summed E-state index contributed by atoms with van der Waals surface area (Å²) in [5, 5.41) is 9.09. The number of thioether (sulfide) groups is 1. The lowest BCUT2D eigenvalue weighted by Crippen LogP contribution is -2.24. The maximum atomic E-state index is 13.9. The molecule has 1 fully saturated rings. The van der Waals surface area contributed by atoms with Gasteiger partial charge in [0, 0.05) is 15.4 Å². The van der Waals surface area contributed by atoms with Crippen LogP contribution in [0.2, 0.25) is 0 Å². The SMILES string of the molecule is C=CC1=C=CC=C(Sc2cccc(OCC3CCC(C(=O)O)CC3)c2)C(C(F)(F)F)=C1C(F)(F)F. The van der Waals surface area contributed by atoms with E-state index >= 15 is 0 Å². The van der Waals surface area contributed by atoms with E-state index in [0.717, 1.165) is 12.2 Å². The average Bonchev–Trinajstić information content (AvgIpc) is 2.97. The molecule has 1 aromatic rings. The first-order chi connectivity index (χ1) is 16.4. The van der Waals surface area contributed by atoms with Crippen LogP contribution < -0.4 is 4.74 Å². The van der Waals surface area contributed by atoms with E-state index < -0.39 is 39.9 Å². The van der Waals surface area contributed by atoms with E-state index in [1.807, 2.05) is 0 Å². The van der Waals surface area contributed by atoms with Gasteiger partial charge in [0.2, 0.25) is 0 Å². The standard InChI is InChI=1S/C25H22F6O3S/c1-2-16-5-3-8-20(22(25(29,30)31)21(16)24(26,27)28)35-19-7-4-6-18(13-19)34-14-15-9-11-17(12-10-15)23(32)33/h2-4,6-8,13,15,17H,1,9-12,14H2,(H,32,33). The predicted octanol–water partition coefficient (Wildman–Crippen LogP) is 7.63. The molecule has 0 spiro atoms. The molecule has 0 amide bonds. The van der Waals surface area contributed by atoms with Crippen LogP contribution in [0.25, 0.3) is 0 Å². The molecule has 10 heteroatoms. The number of allylic oxidation sites excluding steroid dienone is 5. The molecule has 0 aromatic heterocycles. The van der Waals surface area contributed by atoms with Crippen LogP contribution in [-0.2, 0) is 4.79 Å². The van der Waals surface area contributed by atoms with Gasteiger partial charge in [0.15, 0.2) is 0 Å². The van der Waals surface area contributed by atoms with E-state index in [0.29, 0.717) is 55.9 Å². The molecule has 0 radical (unpaired) electrons. The number of ether oxygens (including phenoxy) is 1. The Kier molecular flexibility index (Phi) is 8.28. The Bertz CT molecular complexity index is 1100. The molecular weight excluding hydrogens is 494 g/mol. The third-order valence-electron chi connectivity index (χ3n) is 5.73. The summed E-state index contributed by atoms with van der Waals surface area (Å²) in [6.07, 6.45) is -5.42. The molecule has 2 aliphatic carbocycles. The second kappa shape index (κ2) is 10.8. The van der Waals surface area contributed by atoms with Gasteiger partial charge in [-0.3, -0.25) is 4.79 Å². The highest BCUT2D eigenvalue weighted by Crippen LogP contribution is 2.48. The topological polar surface area (TPSA) is 46.5 Å². The van der Waals surface area contributed by atoms with Crippen molar-refractivity contribution in [2.24, 2.45) is 11.8 Å². The predicted molar refractivity (Wildman–Crippen MR) is 120 cm³/mol. The van der Waals surface area contributed by atoms with Crippen molar-refractivity contribution in [1.82, 2.24) is 0 Å². The Balaban J connectivity index is 1.80. The molecule has 188 valence electrons. The summed E-state index contributed by atoms with van der Waals surface area (Å²) >= 11 is 0.543. The lowest BCUT2D eigenvalue weighted by molar-refractivity contribution is -0.143. The molecule has 0 unspecified atom stereocenters. The number of rotatable bonds is 7. The van der Waals surface area contributed by atoms with Gasteiger partial charge in [0.05, 0.1) is 23.7 Å². The number of hydrogen-bond donors (Lipinski definition) is 1. The highest BCUT2D eigenvalue weighted by atomic mass is 32.2. The molecule has 3 rings (SSSR count). The first kappa shape index (κ1) is 26.8. The van der Waals surface area contributed by atoms with Gasteiger partial charge < -0.3 is 9.84 Å². The number of carboxylic acids is 1. The summed E-state index contributed by atoms with van der Waals surface area (Å²) in [6, 6.07) is 6.09. The average molecular weight is 517 g/mol. The van der Waals surface area contributed by atoms with Gasteiger partial charge in [-0.25, -0.2) is 0 Å². The zero-order valence-electron chi connectivity index (χ0n) is 18.4. The molecule has 0 saturated heterocycles. The monoisotopic (exact) mass is 516 g/mol. The maximum absolute atomic E-state index is 13.9. The first-order valence-electron chi connectivity index (χ1n) is 10.7. The van der Waals surface area contributed by atoms with Crippen LogP contribution in [0.1, 0.15) is 25.7 Å². The minimum Gasteiger partial charge on any atom is -0.493 e. The van der Waals surface area contributed by atoms with Gasteiger partial charge in [-0.15, -0.1) is 5.73 Å². The Hall–Kier alpha value is -2.84. The van der Waals surface area contributed by atoms with E-state index in [2.05, 4.69) is 12.3 Å². The van der Waals surface area contributed by atoms with Gasteiger partial charge >= 0.3 is 18.3 Å². The van der Waals surface area contributed by atoms with Crippen molar-refractivity contribution >= 4 is 17.7 Å². The normalized spacial score (nSPS) is 21.2. The molecule has 1 aromatic carbocycles. The molecule has 1 N–H and O–H groups in total. The van der Waals surface area contributed by atoms with Crippen molar-refractivity contribution in [2.45, 2.75) is 42.9 Å². The zero-order valence-corrected chi connectivity index (χ0v) is 19.2. The summed E-state index contributed by atoms with van der Waals surface area (Å²) in [7, 11) is 0. The molecule has 35 heavy (non-hydrogen) atoms. The van der Waals surface area contributed by atoms with Crippen molar-refractivity contribution in [2.75, 3.05) is 6.61 Å². The molecule has 0 heterocycles. The van der Waals surface area contributed by atoms with Crippen LogP contribution in [0.4, 0.5) is 26.3 Å². The van der Waals surface area contributed by atoms with Crippen molar-refractivity contribution in [1.29, 1.82) is 0 Å². The fraction of sp³-hybridized carbons (Fsp3) is 0.360. The third-order valence-corrected chi connectivity index (χ3v) is 6.78. The lowest BCUT2D eigenvalue weighted by Gasteiger charge is -2.26. The highest BCUT2D eigenvalue weighted by molar-refractivity contribution is 8.03. The molecule has 3 nitrogen and oxygen atoms in total. The fourth-order valence-corrected chi connectivity index (χ4v) is 5.02. The van der Waals surface area contributed by atoms with E-state index in [-0.39, 0.29) is 16.7 Å². The largest absolute Gasteiger partial charge is 0.493 e. The summed E-state index contributed by atoms with van der Waals surface area (Å²) in [4.78, 5) is 10.7. The number of carboxylic acid groups (broad SMARTS) is 1. The number of halogens is 6. The van der Waals surface area contributed by atoms with Crippen LogP contribution in [0.3, 0.4) is 0 Å². The first-order valence-corrected chi connectivity index (χ1v) is 11.5. The Morgan fingerprint density at radius 3 is 2.34 bits per heavy atom. The van der Waals surface area contributed by atoms with Crippen LogP contribution in [-0.4, -0.2) is 30.0 Å². The highest BCUT2D eigenvalue weighted by Gasteiger charge is 2.48. The van der Waals surface area contributed by atoms with Crippen LogP contribution >= 0.6 is 11.8 Å². The summed E-state index contributed by atoms with van der Waals surface area (Å²) in [6.45, 7) is 3.51. The zero-order chi connectivity index (χ0) is 25.8. The number of aliphatic carboxylic acids is 1. The van der Waals surface area contributed by atoms with Gasteiger partial charge in [0.25, 0.3) is 0 Å². The van der Waals surface area contributed by atoms with E-state index in [9.17, 15) is 31.1 Å². The van der Waals surface area contributed by atoms with Crippen molar-refractivity contribution < 1.29 is 41.0 Å². The third kappa shape index (κ3) is 6.86. The second-order valence-electron chi connectivity index (χ2n) is 8.15. The molecule has 1 saturated carbocycles. The summed E-state index contributed by atoms with van der Waals surface area (Å²) < 4.78 is 88.5. The van der Waals surface area contributed by atoms with Gasteiger partial charge in [-0.2, -0.15) is 26.3 Å². The van der Waals surface area contributed by atoms with Crippen LogP contribution in [0, 0.1) is 11.8 Å². The number of alkyl halides is 6. The maximum Gasteiger partial charge on any atom is 0.418 e. The number of hydrogen-bond acceptors (Lipinski definition) is 3. The van der Waals surface area contributed by atoms with Crippen LogP contribution in [0.5, 0.6) is 5.75 Å². The van der Waals surface area contributed by atoms with Gasteiger partial charge in [-0.05, 0) is 62.0 Å². The second-order valence-corrected chi connectivity index (χ2v) is 9.26. The Morgan fingerprint density at radius 1 is 1.11 bits per heavy atom. The van der Waals surface area contributed by atoms with Crippen molar-refractivity contribution in [3.05, 3.63) is 76.4 Å².